The number of carbonyl (C=O) groups excluding carboxylic acids is 1. The molecule has 0 saturated heterocycles. The minimum absolute atomic E-state index is 0.0141. The first-order valence-electron chi connectivity index (χ1n) is 9.84. The highest BCUT2D eigenvalue weighted by atomic mass is 35.5. The Bertz CT molecular complexity index is 1470. The number of thiazole rings is 1. The molecule has 4 aromatic rings. The van der Waals surface area contributed by atoms with Gasteiger partial charge in [-0.25, -0.2) is 9.37 Å². The first-order valence-corrected chi connectivity index (χ1v) is 11.0. The van der Waals surface area contributed by atoms with Crippen LogP contribution in [0.4, 0.5) is 4.39 Å². The minimum atomic E-state index is -0.617. The van der Waals surface area contributed by atoms with Crippen molar-refractivity contribution in [1.82, 2.24) is 14.3 Å². The summed E-state index contributed by atoms with van der Waals surface area (Å²) in [6, 6.07) is 9.96. The zero-order valence-electron chi connectivity index (χ0n) is 17.7. The van der Waals surface area contributed by atoms with Crippen molar-refractivity contribution in [1.29, 1.82) is 0 Å². The lowest BCUT2D eigenvalue weighted by atomic mass is 10.1. The molecule has 2 aromatic heterocycles. The second-order valence-electron chi connectivity index (χ2n) is 7.24. The summed E-state index contributed by atoms with van der Waals surface area (Å²) in [5.74, 6) is -0.253. The van der Waals surface area contributed by atoms with Crippen LogP contribution in [0.2, 0.25) is 5.02 Å². The van der Waals surface area contributed by atoms with Gasteiger partial charge < -0.3 is 14.7 Å². The third-order valence-corrected chi connectivity index (χ3v) is 6.32. The average Bonchev–Trinajstić information content (AvgIpc) is 3.35. The van der Waals surface area contributed by atoms with Gasteiger partial charge in [0.05, 0.1) is 22.4 Å². The number of ether oxygens (including phenoxy) is 1. The largest absolute Gasteiger partial charge is 0.503 e. The number of nitrogens with zero attached hydrogens (tertiary/aromatic N) is 3. The van der Waals surface area contributed by atoms with Gasteiger partial charge in [0.25, 0.3) is 11.5 Å². The highest BCUT2D eigenvalue weighted by Crippen LogP contribution is 2.35. The summed E-state index contributed by atoms with van der Waals surface area (Å²) in [5, 5.41) is 10.0. The van der Waals surface area contributed by atoms with Crippen molar-refractivity contribution in [3.05, 3.63) is 73.6 Å². The molecule has 2 heterocycles. The van der Waals surface area contributed by atoms with Crippen molar-refractivity contribution < 1.29 is 19.0 Å². The van der Waals surface area contributed by atoms with E-state index in [1.165, 1.54) is 33.8 Å². The van der Waals surface area contributed by atoms with Crippen molar-refractivity contribution in [2.24, 2.45) is 0 Å². The zero-order valence-corrected chi connectivity index (χ0v) is 19.3. The second kappa shape index (κ2) is 9.21. The molecular formula is C23H19ClFN3O4S. The molecule has 4 rings (SSSR count). The van der Waals surface area contributed by atoms with Crippen molar-refractivity contribution in [2.75, 3.05) is 27.4 Å². The number of aromatic hydroxyl groups is 1. The number of benzene rings is 2. The van der Waals surface area contributed by atoms with Gasteiger partial charge in [0, 0.05) is 30.9 Å². The van der Waals surface area contributed by atoms with Gasteiger partial charge in [-0.3, -0.25) is 14.0 Å². The average molecular weight is 488 g/mol. The zero-order chi connectivity index (χ0) is 23.7. The van der Waals surface area contributed by atoms with Crippen molar-refractivity contribution >= 4 is 39.9 Å². The van der Waals surface area contributed by atoms with Crippen LogP contribution in [-0.2, 0) is 0 Å². The van der Waals surface area contributed by atoms with Gasteiger partial charge in [-0.15, -0.1) is 0 Å². The fraction of sp³-hybridized carbons (Fsp3) is 0.174. The number of aromatic nitrogens is 2. The van der Waals surface area contributed by atoms with Crippen LogP contribution in [0.5, 0.6) is 11.5 Å². The molecule has 0 spiro atoms. The Morgan fingerprint density at radius 1 is 1.36 bits per heavy atom. The van der Waals surface area contributed by atoms with Crippen LogP contribution in [0.3, 0.4) is 0 Å². The molecule has 1 amide bonds. The molecule has 0 aliphatic carbocycles. The first kappa shape index (κ1) is 22.8. The number of hydrogen-bond donors (Lipinski definition) is 1. The second-order valence-corrected chi connectivity index (χ2v) is 8.66. The molecule has 0 aliphatic rings. The van der Waals surface area contributed by atoms with E-state index in [9.17, 15) is 19.1 Å². The van der Waals surface area contributed by atoms with Crippen LogP contribution in [0.15, 0.2) is 47.4 Å². The molecule has 0 atom stereocenters. The predicted molar refractivity (Wildman–Crippen MR) is 126 cm³/mol. The number of phenolic OH excluding ortho intramolecular Hbond substituents is 1. The summed E-state index contributed by atoms with van der Waals surface area (Å²) >= 11 is 7.23. The molecule has 0 unspecified atom stereocenters. The Labute approximate surface area is 196 Å². The maximum Gasteiger partial charge on any atom is 0.274 e. The summed E-state index contributed by atoms with van der Waals surface area (Å²) in [7, 11) is 2.95. The van der Waals surface area contributed by atoms with Gasteiger partial charge in [-0.05, 0) is 35.9 Å². The van der Waals surface area contributed by atoms with E-state index in [0.29, 0.717) is 31.9 Å². The molecule has 10 heteroatoms. The molecule has 2 aromatic carbocycles. The van der Waals surface area contributed by atoms with Crippen LogP contribution >= 0.6 is 22.9 Å². The smallest absolute Gasteiger partial charge is 0.274 e. The number of rotatable bonds is 6. The Morgan fingerprint density at radius 3 is 2.85 bits per heavy atom. The number of methoxy groups -OCH3 is 1. The van der Waals surface area contributed by atoms with E-state index in [-0.39, 0.29) is 34.5 Å². The number of alkyl halides is 1. The van der Waals surface area contributed by atoms with Gasteiger partial charge >= 0.3 is 0 Å². The van der Waals surface area contributed by atoms with Crippen LogP contribution in [0.1, 0.15) is 15.9 Å². The Kier molecular flexibility index (Phi) is 6.35. The van der Waals surface area contributed by atoms with E-state index in [2.05, 4.69) is 4.98 Å². The number of imidazole rings is 1. The van der Waals surface area contributed by atoms with E-state index in [4.69, 9.17) is 16.3 Å². The third-order valence-electron chi connectivity index (χ3n) is 5.04. The first-order chi connectivity index (χ1) is 15.8. The van der Waals surface area contributed by atoms with Crippen LogP contribution in [0, 0.1) is 0 Å². The number of halogens is 2. The molecule has 0 saturated carbocycles. The van der Waals surface area contributed by atoms with Gasteiger partial charge in [-0.2, -0.15) is 0 Å². The summed E-state index contributed by atoms with van der Waals surface area (Å²) in [4.78, 5) is 31.7. The van der Waals surface area contributed by atoms with Crippen molar-refractivity contribution in [3.8, 4) is 22.8 Å². The normalized spacial score (nSPS) is 11.8. The molecule has 0 bridgehead atoms. The number of fused-ring (bicyclic) bond motifs is 1. The third kappa shape index (κ3) is 4.42. The molecule has 0 fully saturated rings. The van der Waals surface area contributed by atoms with E-state index in [1.807, 2.05) is 0 Å². The molecule has 1 N–H and O–H groups in total. The lowest BCUT2D eigenvalue weighted by molar-refractivity contribution is 0.0786. The molecule has 0 aliphatic heterocycles. The van der Waals surface area contributed by atoms with Gasteiger partial charge in [-0.1, -0.05) is 35.1 Å². The Balaban J connectivity index is 1.71. The van der Waals surface area contributed by atoms with E-state index in [1.54, 1.807) is 49.7 Å². The highest BCUT2D eigenvalue weighted by molar-refractivity contribution is 7.15. The maximum absolute atomic E-state index is 12.9. The Morgan fingerprint density at radius 2 is 2.15 bits per heavy atom. The lowest BCUT2D eigenvalue weighted by Crippen LogP contribution is -2.28. The Hall–Kier alpha value is -3.43. The summed E-state index contributed by atoms with van der Waals surface area (Å²) in [5.41, 5.74) is 1.97. The summed E-state index contributed by atoms with van der Waals surface area (Å²) < 4.78 is 19.5. The standard InChI is InChI=1S/C23H19ClFN3O4S/c1-27(7-6-25)21(30)15-5-3-4-14(11-15)17-12-28-22(31)19(33-23(28)26-17)10-13-8-16(24)20(29)18(9-13)32-2/h3-5,8-12,29H,6-7H2,1-2H3/b19-10-. The van der Waals surface area contributed by atoms with E-state index in [0.717, 1.165) is 0 Å². The maximum atomic E-state index is 12.9. The predicted octanol–water partition coefficient (Wildman–Crippen LogP) is 3.38. The SMILES string of the molecule is COc1cc(/C=c2\sc3nc(-c4cccc(C(=O)N(C)CCF)c4)cn3c2=O)cc(Cl)c1O. The topological polar surface area (TPSA) is 84.1 Å². The number of phenols is 1. The monoisotopic (exact) mass is 487 g/mol. The van der Waals surface area contributed by atoms with Crippen molar-refractivity contribution in [2.45, 2.75) is 0 Å². The fourth-order valence-corrected chi connectivity index (χ4v) is 4.49. The molecule has 7 nitrogen and oxygen atoms in total. The van der Waals surface area contributed by atoms with Crippen LogP contribution < -0.4 is 14.8 Å². The number of carbonyl (C=O) groups is 1. The van der Waals surface area contributed by atoms with Gasteiger partial charge in [0.15, 0.2) is 16.5 Å². The van der Waals surface area contributed by atoms with Crippen LogP contribution in [0.25, 0.3) is 22.3 Å². The highest BCUT2D eigenvalue weighted by Gasteiger charge is 2.15. The van der Waals surface area contributed by atoms with Gasteiger partial charge in [0.1, 0.15) is 6.67 Å². The summed E-state index contributed by atoms with van der Waals surface area (Å²) in [6.07, 6.45) is 3.26. The minimum Gasteiger partial charge on any atom is -0.503 e. The van der Waals surface area contributed by atoms with Crippen LogP contribution in [-0.4, -0.2) is 52.7 Å². The molecule has 0 radical (unpaired) electrons. The van der Waals surface area contributed by atoms with Gasteiger partial charge in [0.2, 0.25) is 0 Å². The molecule has 170 valence electrons. The van der Waals surface area contributed by atoms with E-state index < -0.39 is 6.67 Å². The molecule has 33 heavy (non-hydrogen) atoms. The van der Waals surface area contributed by atoms with E-state index >= 15 is 0 Å². The molecular weight excluding hydrogens is 469 g/mol. The quantitative estimate of drug-likeness (QED) is 0.451. The lowest BCUT2D eigenvalue weighted by Gasteiger charge is -2.15. The number of amides is 1. The summed E-state index contributed by atoms with van der Waals surface area (Å²) in [6.45, 7) is -0.603. The number of hydrogen-bond acceptors (Lipinski definition) is 6. The fourth-order valence-electron chi connectivity index (χ4n) is 3.32. The van der Waals surface area contributed by atoms with Crippen molar-refractivity contribution in [3.63, 3.8) is 0 Å².